The van der Waals surface area contributed by atoms with Gasteiger partial charge in [0.05, 0.1) is 18.5 Å². The fourth-order valence-electron chi connectivity index (χ4n) is 3.76. The third kappa shape index (κ3) is 2.95. The largest absolute Gasteiger partial charge is 0.352 e. The zero-order valence-electron chi connectivity index (χ0n) is 13.8. The van der Waals surface area contributed by atoms with Crippen LogP contribution in [0.15, 0.2) is 30.6 Å². The van der Waals surface area contributed by atoms with Crippen LogP contribution < -0.4 is 4.90 Å². The van der Waals surface area contributed by atoms with Crippen LogP contribution in [-0.4, -0.2) is 45.9 Å². The zero-order chi connectivity index (χ0) is 17.6. The van der Waals surface area contributed by atoms with E-state index in [0.717, 1.165) is 31.0 Å². The molecule has 5 rings (SSSR count). The molecule has 0 N–H and O–H groups in total. The number of carbonyl (C=O) groups excluding carboxylic acids is 1. The molecular weight excluding hydrogens is 343 g/mol. The Hall–Kier alpha value is -2.21. The Bertz CT molecular complexity index is 798. The lowest BCUT2D eigenvalue weighted by Crippen LogP contribution is -2.70. The number of amides is 1. The Morgan fingerprint density at radius 1 is 1.32 bits per heavy atom. The quantitative estimate of drug-likeness (QED) is 0.844. The summed E-state index contributed by atoms with van der Waals surface area (Å²) in [6.45, 7) is 3.41. The van der Waals surface area contributed by atoms with E-state index in [4.69, 9.17) is 11.6 Å². The molecule has 2 aromatic rings. The van der Waals surface area contributed by atoms with E-state index in [2.05, 4.69) is 14.9 Å². The molecule has 0 spiro atoms. The van der Waals surface area contributed by atoms with Gasteiger partial charge in [0.25, 0.3) is 0 Å². The topological polar surface area (TPSA) is 49.3 Å². The third-order valence-corrected chi connectivity index (χ3v) is 5.34. The van der Waals surface area contributed by atoms with Crippen molar-refractivity contribution in [3.63, 3.8) is 0 Å². The van der Waals surface area contributed by atoms with Gasteiger partial charge < -0.3 is 9.80 Å². The molecule has 2 unspecified atom stereocenters. The molecule has 0 radical (unpaired) electrons. The summed E-state index contributed by atoms with van der Waals surface area (Å²) in [6.07, 6.45) is 2.55. The minimum Gasteiger partial charge on any atom is -0.352 e. The highest BCUT2D eigenvalue weighted by Crippen LogP contribution is 2.35. The Balaban J connectivity index is 1.45. The number of aryl methyl sites for hydroxylation is 1. The van der Waals surface area contributed by atoms with E-state index in [9.17, 15) is 9.18 Å². The number of nitrogens with zero attached hydrogens (tertiary/aromatic N) is 4. The summed E-state index contributed by atoms with van der Waals surface area (Å²) in [5, 5.41) is 0.303. The summed E-state index contributed by atoms with van der Waals surface area (Å²) in [4.78, 5) is 25.2. The van der Waals surface area contributed by atoms with Crippen molar-refractivity contribution in [2.75, 3.05) is 18.0 Å². The molecule has 130 valence electrons. The van der Waals surface area contributed by atoms with E-state index >= 15 is 0 Å². The minimum atomic E-state index is -0.426. The smallest absolute Gasteiger partial charge is 0.227 e. The van der Waals surface area contributed by atoms with E-state index in [0.29, 0.717) is 5.02 Å². The van der Waals surface area contributed by atoms with Crippen LogP contribution in [0.4, 0.5) is 10.2 Å². The highest BCUT2D eigenvalue weighted by molar-refractivity contribution is 6.31. The molecule has 3 fully saturated rings. The first-order valence-electron chi connectivity index (χ1n) is 8.30. The van der Waals surface area contributed by atoms with Crippen molar-refractivity contribution in [1.82, 2.24) is 14.9 Å². The van der Waals surface area contributed by atoms with Crippen LogP contribution in [0.1, 0.15) is 17.7 Å². The van der Waals surface area contributed by atoms with Gasteiger partial charge in [0.15, 0.2) is 0 Å². The van der Waals surface area contributed by atoms with Crippen molar-refractivity contribution < 1.29 is 9.18 Å². The first-order valence-corrected chi connectivity index (χ1v) is 8.68. The number of piperidine rings is 1. The number of aromatic nitrogens is 2. The fraction of sp³-hybridized carbons (Fsp3) is 0.389. The maximum atomic E-state index is 13.9. The lowest BCUT2D eigenvalue weighted by Gasteiger charge is -2.56. The number of rotatable bonds is 3. The van der Waals surface area contributed by atoms with Crippen molar-refractivity contribution in [3.05, 3.63) is 52.7 Å². The van der Waals surface area contributed by atoms with Gasteiger partial charge in [-0.1, -0.05) is 17.7 Å². The highest BCUT2D eigenvalue weighted by atomic mass is 35.5. The number of halogens is 2. The zero-order valence-corrected chi connectivity index (χ0v) is 14.6. The van der Waals surface area contributed by atoms with Gasteiger partial charge in [0, 0.05) is 35.4 Å². The van der Waals surface area contributed by atoms with Crippen LogP contribution >= 0.6 is 11.6 Å². The van der Waals surface area contributed by atoms with E-state index in [1.165, 1.54) is 6.07 Å². The average molecular weight is 361 g/mol. The van der Waals surface area contributed by atoms with Gasteiger partial charge in [0.2, 0.25) is 5.91 Å². The number of hydrogen-bond acceptors (Lipinski definition) is 4. The van der Waals surface area contributed by atoms with Crippen LogP contribution in [0, 0.1) is 12.7 Å². The Labute approximate surface area is 150 Å². The SMILES string of the molecule is Cc1cc(N2CC3CC(C2)N3C(=O)Cc2c(F)cccc2Cl)ncn1. The second-order valence-electron chi connectivity index (χ2n) is 6.64. The van der Waals surface area contributed by atoms with E-state index in [-0.39, 0.29) is 30.0 Å². The summed E-state index contributed by atoms with van der Waals surface area (Å²) < 4.78 is 13.9. The van der Waals surface area contributed by atoms with Gasteiger partial charge in [-0.05, 0) is 25.5 Å². The van der Waals surface area contributed by atoms with Crippen LogP contribution in [0.25, 0.3) is 0 Å². The first kappa shape index (κ1) is 16.3. The van der Waals surface area contributed by atoms with Crippen molar-refractivity contribution >= 4 is 23.3 Å². The average Bonchev–Trinajstić information content (AvgIpc) is 2.58. The van der Waals surface area contributed by atoms with Crippen molar-refractivity contribution in [1.29, 1.82) is 0 Å². The first-order chi connectivity index (χ1) is 12.0. The number of benzene rings is 1. The second kappa shape index (κ2) is 6.26. The fourth-order valence-corrected chi connectivity index (χ4v) is 3.99. The maximum Gasteiger partial charge on any atom is 0.227 e. The van der Waals surface area contributed by atoms with Crippen LogP contribution in [0.2, 0.25) is 5.02 Å². The normalized spacial score (nSPS) is 21.9. The Kier molecular flexibility index (Phi) is 4.07. The number of fused-ring (bicyclic) bond motifs is 2. The van der Waals surface area contributed by atoms with Gasteiger partial charge >= 0.3 is 0 Å². The lowest BCUT2D eigenvalue weighted by molar-refractivity contribution is -0.145. The predicted molar refractivity (Wildman–Crippen MR) is 93.1 cm³/mol. The minimum absolute atomic E-state index is 0.00508. The van der Waals surface area contributed by atoms with Gasteiger partial charge in [0.1, 0.15) is 18.0 Å². The molecule has 2 atom stereocenters. The molecule has 3 saturated heterocycles. The number of hydrogen-bond donors (Lipinski definition) is 0. The molecule has 0 saturated carbocycles. The molecular formula is C18H18ClFN4O. The van der Waals surface area contributed by atoms with Crippen LogP contribution in [0.3, 0.4) is 0 Å². The van der Waals surface area contributed by atoms with Crippen LogP contribution in [-0.2, 0) is 11.2 Å². The maximum absolute atomic E-state index is 13.9. The predicted octanol–water partition coefficient (Wildman–Crippen LogP) is 2.61. The number of anilines is 1. The summed E-state index contributed by atoms with van der Waals surface area (Å²) in [5.41, 5.74) is 1.20. The molecule has 5 nitrogen and oxygen atoms in total. The van der Waals surface area contributed by atoms with E-state index < -0.39 is 5.82 Å². The van der Waals surface area contributed by atoms with Crippen molar-refractivity contribution in [2.45, 2.75) is 31.8 Å². The molecule has 1 amide bonds. The molecule has 25 heavy (non-hydrogen) atoms. The molecule has 4 heterocycles. The van der Waals surface area contributed by atoms with Gasteiger partial charge in [-0.15, -0.1) is 0 Å². The summed E-state index contributed by atoms with van der Waals surface area (Å²) >= 11 is 6.04. The highest BCUT2D eigenvalue weighted by Gasteiger charge is 2.47. The Morgan fingerprint density at radius 2 is 2.08 bits per heavy atom. The standard InChI is InChI=1S/C18H18ClFN4O/c1-11-5-17(22-10-21-11)23-8-12-6-13(9-23)24(12)18(25)7-14-15(19)3-2-4-16(14)20/h2-5,10,12-13H,6-9H2,1H3. The van der Waals surface area contributed by atoms with Gasteiger partial charge in [-0.3, -0.25) is 4.79 Å². The monoisotopic (exact) mass is 360 g/mol. The van der Waals surface area contributed by atoms with E-state index in [1.807, 2.05) is 17.9 Å². The molecule has 3 aliphatic rings. The number of carbonyl (C=O) groups is 1. The Morgan fingerprint density at radius 3 is 2.76 bits per heavy atom. The lowest BCUT2D eigenvalue weighted by atomic mass is 9.86. The third-order valence-electron chi connectivity index (χ3n) is 4.98. The summed E-state index contributed by atoms with van der Waals surface area (Å²) in [7, 11) is 0. The molecule has 1 aromatic carbocycles. The molecule has 7 heteroatoms. The van der Waals surface area contributed by atoms with Crippen LogP contribution in [0.5, 0.6) is 0 Å². The van der Waals surface area contributed by atoms with E-state index in [1.54, 1.807) is 18.5 Å². The van der Waals surface area contributed by atoms with Crippen molar-refractivity contribution in [2.24, 2.45) is 0 Å². The molecule has 0 aliphatic carbocycles. The molecule has 1 aromatic heterocycles. The number of piperazine rings is 1. The summed E-state index contributed by atoms with van der Waals surface area (Å²) in [5.74, 6) is 0.405. The van der Waals surface area contributed by atoms with Gasteiger partial charge in [-0.2, -0.15) is 0 Å². The van der Waals surface area contributed by atoms with Crippen molar-refractivity contribution in [3.8, 4) is 0 Å². The second-order valence-corrected chi connectivity index (χ2v) is 7.05. The summed E-state index contributed by atoms with van der Waals surface area (Å²) in [6, 6.07) is 6.74. The molecule has 3 aliphatic heterocycles. The van der Waals surface area contributed by atoms with Gasteiger partial charge in [-0.25, -0.2) is 14.4 Å². The molecule has 2 bridgehead atoms.